The molecule has 1 heterocycles. The van der Waals surface area contributed by atoms with E-state index in [2.05, 4.69) is 10.4 Å². The van der Waals surface area contributed by atoms with Gasteiger partial charge in [-0.3, -0.25) is 4.79 Å². The average molecular weight is 254 g/mol. The fourth-order valence-corrected chi connectivity index (χ4v) is 2.11. The molecule has 0 saturated carbocycles. The van der Waals surface area contributed by atoms with Gasteiger partial charge in [-0.05, 0) is 37.1 Å². The van der Waals surface area contributed by atoms with E-state index in [1.165, 1.54) is 0 Å². The number of carbonyl (C=O) groups excluding carboxylic acids is 1. The lowest BCUT2D eigenvalue weighted by atomic mass is 9.97. The first kappa shape index (κ1) is 12.2. The molecule has 1 saturated heterocycles. The maximum absolute atomic E-state index is 11.0. The van der Waals surface area contributed by atoms with Crippen molar-refractivity contribution in [3.8, 4) is 0 Å². The zero-order valence-electron chi connectivity index (χ0n) is 9.53. The van der Waals surface area contributed by atoms with Crippen molar-refractivity contribution in [1.29, 1.82) is 0 Å². The van der Waals surface area contributed by atoms with Gasteiger partial charge in [0.15, 0.2) is 0 Å². The Morgan fingerprint density at radius 1 is 1.29 bits per heavy atom. The Kier molecular flexibility index (Phi) is 3.86. The zero-order chi connectivity index (χ0) is 12.3. The van der Waals surface area contributed by atoms with Crippen LogP contribution in [0.15, 0.2) is 24.3 Å². The Labute approximate surface area is 106 Å². The van der Waals surface area contributed by atoms with E-state index < -0.39 is 0 Å². The quantitative estimate of drug-likeness (QED) is 0.865. The monoisotopic (exact) mass is 253 g/mol. The molecule has 2 rings (SSSR count). The highest BCUT2D eigenvalue weighted by atomic mass is 35.5. The van der Waals surface area contributed by atoms with Gasteiger partial charge in [-0.25, -0.2) is 5.01 Å². The molecule has 1 aromatic rings. The van der Waals surface area contributed by atoms with Crippen LogP contribution in [0.2, 0.25) is 5.02 Å². The van der Waals surface area contributed by atoms with Crippen LogP contribution in [0.5, 0.6) is 0 Å². The van der Waals surface area contributed by atoms with Crippen molar-refractivity contribution in [2.24, 2.45) is 11.7 Å². The van der Waals surface area contributed by atoms with Gasteiger partial charge in [0.2, 0.25) is 5.91 Å². The smallest absolute Gasteiger partial charge is 0.220 e. The molecule has 3 N–H and O–H groups in total. The van der Waals surface area contributed by atoms with Crippen LogP contribution in [0.3, 0.4) is 0 Å². The van der Waals surface area contributed by atoms with E-state index in [1.54, 1.807) is 0 Å². The lowest BCUT2D eigenvalue weighted by Crippen LogP contribution is -2.41. The number of nitrogens with zero attached hydrogens (tertiary/aromatic N) is 1. The molecule has 0 aliphatic carbocycles. The Morgan fingerprint density at radius 3 is 2.41 bits per heavy atom. The molecule has 92 valence electrons. The van der Waals surface area contributed by atoms with Crippen LogP contribution in [0.1, 0.15) is 12.8 Å². The minimum Gasteiger partial charge on any atom is -0.369 e. The summed E-state index contributed by atoms with van der Waals surface area (Å²) < 4.78 is 0. The fraction of sp³-hybridized carbons (Fsp3) is 0.417. The highest BCUT2D eigenvalue weighted by Crippen LogP contribution is 2.19. The molecule has 0 bridgehead atoms. The first-order valence-electron chi connectivity index (χ1n) is 5.71. The van der Waals surface area contributed by atoms with Crippen molar-refractivity contribution < 1.29 is 4.79 Å². The van der Waals surface area contributed by atoms with Gasteiger partial charge in [-0.2, -0.15) is 0 Å². The molecule has 0 aromatic heterocycles. The van der Waals surface area contributed by atoms with E-state index in [4.69, 9.17) is 17.3 Å². The minimum atomic E-state index is -0.184. The molecule has 17 heavy (non-hydrogen) atoms. The Morgan fingerprint density at radius 2 is 1.88 bits per heavy atom. The standard InChI is InChI=1S/C12H16ClN3O/c13-10-1-3-11(4-2-10)15-16-7-5-9(6-8-16)12(14)17/h1-4,9,15H,5-8H2,(H2,14,17). The molecule has 0 unspecified atom stereocenters. The number of rotatable bonds is 3. The van der Waals surface area contributed by atoms with Gasteiger partial charge in [-0.15, -0.1) is 0 Å². The SMILES string of the molecule is NC(=O)C1CCN(Nc2ccc(Cl)cc2)CC1. The second kappa shape index (κ2) is 5.38. The molecular weight excluding hydrogens is 238 g/mol. The maximum atomic E-state index is 11.0. The summed E-state index contributed by atoms with van der Waals surface area (Å²) in [6.45, 7) is 1.66. The summed E-state index contributed by atoms with van der Waals surface area (Å²) in [5.74, 6) is -0.158. The van der Waals surface area contributed by atoms with Gasteiger partial charge in [0.05, 0.1) is 0 Å². The normalized spacial score (nSPS) is 17.9. The first-order chi connectivity index (χ1) is 8.15. The van der Waals surface area contributed by atoms with Crippen molar-refractivity contribution in [3.05, 3.63) is 29.3 Å². The molecule has 0 spiro atoms. The fourth-order valence-electron chi connectivity index (χ4n) is 1.98. The number of piperidine rings is 1. The van der Waals surface area contributed by atoms with Crippen LogP contribution in [-0.4, -0.2) is 24.0 Å². The van der Waals surface area contributed by atoms with Crippen LogP contribution in [-0.2, 0) is 4.79 Å². The van der Waals surface area contributed by atoms with Crippen molar-refractivity contribution in [2.45, 2.75) is 12.8 Å². The van der Waals surface area contributed by atoms with Crippen LogP contribution in [0, 0.1) is 5.92 Å². The lowest BCUT2D eigenvalue weighted by molar-refractivity contribution is -0.123. The van der Waals surface area contributed by atoms with Gasteiger partial charge in [0.25, 0.3) is 0 Å². The summed E-state index contributed by atoms with van der Waals surface area (Å²) in [6, 6.07) is 7.56. The van der Waals surface area contributed by atoms with Gasteiger partial charge >= 0.3 is 0 Å². The molecular formula is C12H16ClN3O. The zero-order valence-corrected chi connectivity index (χ0v) is 10.3. The Bertz CT molecular complexity index is 385. The maximum Gasteiger partial charge on any atom is 0.220 e. The summed E-state index contributed by atoms with van der Waals surface area (Å²) in [4.78, 5) is 11.0. The topological polar surface area (TPSA) is 58.4 Å². The summed E-state index contributed by atoms with van der Waals surface area (Å²) in [5, 5.41) is 2.82. The Balaban J connectivity index is 1.85. The summed E-state index contributed by atoms with van der Waals surface area (Å²) >= 11 is 5.82. The molecule has 1 fully saturated rings. The van der Waals surface area contributed by atoms with E-state index >= 15 is 0 Å². The number of hydrazine groups is 1. The molecule has 1 amide bonds. The van der Waals surface area contributed by atoms with Gasteiger partial charge in [0.1, 0.15) is 0 Å². The number of benzene rings is 1. The molecule has 0 atom stereocenters. The van der Waals surface area contributed by atoms with Crippen molar-refractivity contribution >= 4 is 23.2 Å². The Hall–Kier alpha value is -1.26. The van der Waals surface area contributed by atoms with E-state index in [1.807, 2.05) is 24.3 Å². The number of primary amides is 1. The van der Waals surface area contributed by atoms with E-state index in [0.717, 1.165) is 36.6 Å². The third kappa shape index (κ3) is 3.35. The number of hydrogen-bond acceptors (Lipinski definition) is 3. The number of anilines is 1. The average Bonchev–Trinajstić information content (AvgIpc) is 2.33. The number of carbonyl (C=O) groups is 1. The van der Waals surface area contributed by atoms with Gasteiger partial charge in [-0.1, -0.05) is 11.6 Å². The third-order valence-corrected chi connectivity index (χ3v) is 3.28. The first-order valence-corrected chi connectivity index (χ1v) is 6.09. The van der Waals surface area contributed by atoms with E-state index in [9.17, 15) is 4.79 Å². The van der Waals surface area contributed by atoms with Crippen LogP contribution >= 0.6 is 11.6 Å². The second-order valence-corrected chi connectivity index (χ2v) is 4.72. The molecule has 4 nitrogen and oxygen atoms in total. The second-order valence-electron chi connectivity index (χ2n) is 4.28. The predicted octanol–water partition coefficient (Wildman–Crippen LogP) is 1.86. The van der Waals surface area contributed by atoms with Crippen molar-refractivity contribution in [3.63, 3.8) is 0 Å². The van der Waals surface area contributed by atoms with Crippen molar-refractivity contribution in [1.82, 2.24) is 5.01 Å². The van der Waals surface area contributed by atoms with Crippen LogP contribution < -0.4 is 11.2 Å². The number of amides is 1. The van der Waals surface area contributed by atoms with Crippen LogP contribution in [0.25, 0.3) is 0 Å². The molecule has 0 radical (unpaired) electrons. The van der Waals surface area contributed by atoms with Crippen molar-refractivity contribution in [2.75, 3.05) is 18.5 Å². The number of halogens is 1. The summed E-state index contributed by atoms with van der Waals surface area (Å²) in [7, 11) is 0. The minimum absolute atomic E-state index is 0.0262. The molecule has 1 aliphatic heterocycles. The highest BCUT2D eigenvalue weighted by molar-refractivity contribution is 6.30. The van der Waals surface area contributed by atoms with E-state index in [0.29, 0.717) is 0 Å². The van der Waals surface area contributed by atoms with Crippen LogP contribution in [0.4, 0.5) is 5.69 Å². The van der Waals surface area contributed by atoms with Gasteiger partial charge < -0.3 is 11.2 Å². The predicted molar refractivity (Wildman–Crippen MR) is 68.6 cm³/mol. The highest BCUT2D eigenvalue weighted by Gasteiger charge is 2.22. The molecule has 1 aliphatic rings. The lowest BCUT2D eigenvalue weighted by Gasteiger charge is -2.31. The third-order valence-electron chi connectivity index (χ3n) is 3.03. The number of hydrogen-bond donors (Lipinski definition) is 2. The van der Waals surface area contributed by atoms with Gasteiger partial charge in [0, 0.05) is 29.7 Å². The number of nitrogens with one attached hydrogen (secondary N) is 1. The largest absolute Gasteiger partial charge is 0.369 e. The summed E-state index contributed by atoms with van der Waals surface area (Å²) in [6.07, 6.45) is 1.63. The van der Waals surface area contributed by atoms with E-state index in [-0.39, 0.29) is 11.8 Å². The number of nitrogens with two attached hydrogens (primary N) is 1. The molecule has 5 heteroatoms. The summed E-state index contributed by atoms with van der Waals surface area (Å²) in [5.41, 5.74) is 9.59. The molecule has 1 aromatic carbocycles.